The van der Waals surface area contributed by atoms with Crippen molar-refractivity contribution in [2.24, 2.45) is 0 Å². The van der Waals surface area contributed by atoms with Gasteiger partial charge in [0.2, 0.25) is 0 Å². The van der Waals surface area contributed by atoms with E-state index in [9.17, 15) is 19.2 Å². The molecule has 3 aromatic rings. The van der Waals surface area contributed by atoms with Gasteiger partial charge >= 0.3 is 5.97 Å². The molecule has 9 heteroatoms. The highest BCUT2D eigenvalue weighted by Gasteiger charge is 2.39. The van der Waals surface area contributed by atoms with Gasteiger partial charge in [-0.2, -0.15) is 0 Å². The van der Waals surface area contributed by atoms with Crippen LogP contribution in [0.2, 0.25) is 0 Å². The SMILES string of the molecule is CCc1ccccc1N1C(=O)C(Cl)=C(Nc2ccc(C(=O)Nc3ccc(C(=O)OC)cc3)cc2)C1=O. The molecule has 0 fully saturated rings. The third-order valence-corrected chi connectivity index (χ3v) is 5.97. The number of amides is 3. The van der Waals surface area contributed by atoms with Crippen LogP contribution in [-0.4, -0.2) is 30.8 Å². The predicted octanol–water partition coefficient (Wildman–Crippen LogP) is 4.72. The van der Waals surface area contributed by atoms with Gasteiger partial charge in [-0.05, 0) is 66.6 Å². The minimum atomic E-state index is -0.598. The van der Waals surface area contributed by atoms with Crippen molar-refractivity contribution in [1.82, 2.24) is 0 Å². The van der Waals surface area contributed by atoms with Gasteiger partial charge in [0.15, 0.2) is 0 Å². The summed E-state index contributed by atoms with van der Waals surface area (Å²) in [5.74, 6) is -1.98. The lowest BCUT2D eigenvalue weighted by Crippen LogP contribution is -2.33. The summed E-state index contributed by atoms with van der Waals surface area (Å²) in [6, 6.07) is 19.8. The number of para-hydroxylation sites is 1. The quantitative estimate of drug-likeness (QED) is 0.357. The van der Waals surface area contributed by atoms with Gasteiger partial charge < -0.3 is 15.4 Å². The van der Waals surface area contributed by atoms with Crippen molar-refractivity contribution in [3.63, 3.8) is 0 Å². The second-order valence-corrected chi connectivity index (χ2v) is 8.22. The first kappa shape index (κ1) is 24.7. The van der Waals surface area contributed by atoms with Crippen molar-refractivity contribution in [3.05, 3.63) is 100 Å². The zero-order chi connectivity index (χ0) is 25.8. The normalized spacial score (nSPS) is 13.1. The number of esters is 1. The maximum Gasteiger partial charge on any atom is 0.337 e. The summed E-state index contributed by atoms with van der Waals surface area (Å²) in [7, 11) is 1.29. The largest absolute Gasteiger partial charge is 0.465 e. The van der Waals surface area contributed by atoms with Gasteiger partial charge in [-0.1, -0.05) is 36.7 Å². The van der Waals surface area contributed by atoms with E-state index in [4.69, 9.17) is 11.6 Å². The molecular weight excluding hydrogens is 482 g/mol. The first-order valence-electron chi connectivity index (χ1n) is 11.1. The second kappa shape index (κ2) is 10.5. The van der Waals surface area contributed by atoms with Crippen molar-refractivity contribution in [1.29, 1.82) is 0 Å². The fourth-order valence-electron chi connectivity index (χ4n) is 3.72. The van der Waals surface area contributed by atoms with E-state index in [2.05, 4.69) is 15.4 Å². The van der Waals surface area contributed by atoms with Crippen LogP contribution in [0.5, 0.6) is 0 Å². The highest BCUT2D eigenvalue weighted by atomic mass is 35.5. The lowest BCUT2D eigenvalue weighted by Gasteiger charge is -2.18. The maximum atomic E-state index is 13.1. The molecule has 182 valence electrons. The molecule has 0 saturated heterocycles. The fraction of sp³-hybridized carbons (Fsp3) is 0.111. The van der Waals surface area contributed by atoms with Gasteiger partial charge in [-0.15, -0.1) is 0 Å². The van der Waals surface area contributed by atoms with E-state index in [0.29, 0.717) is 34.6 Å². The molecule has 36 heavy (non-hydrogen) atoms. The van der Waals surface area contributed by atoms with Gasteiger partial charge in [-0.25, -0.2) is 9.69 Å². The average Bonchev–Trinajstić information content (AvgIpc) is 3.11. The third-order valence-electron chi connectivity index (χ3n) is 5.62. The third kappa shape index (κ3) is 4.85. The summed E-state index contributed by atoms with van der Waals surface area (Å²) >= 11 is 6.24. The zero-order valence-corrected chi connectivity index (χ0v) is 20.3. The van der Waals surface area contributed by atoms with Crippen LogP contribution >= 0.6 is 11.6 Å². The lowest BCUT2D eigenvalue weighted by atomic mass is 10.1. The average molecular weight is 504 g/mol. The summed E-state index contributed by atoms with van der Waals surface area (Å²) in [6.07, 6.45) is 0.645. The smallest absolute Gasteiger partial charge is 0.337 e. The Labute approximate surface area is 212 Å². The molecule has 1 aliphatic rings. The predicted molar refractivity (Wildman–Crippen MR) is 137 cm³/mol. The summed E-state index contributed by atoms with van der Waals surface area (Å²) in [6.45, 7) is 1.94. The molecule has 0 aliphatic carbocycles. The number of aryl methyl sites for hydroxylation is 1. The second-order valence-electron chi connectivity index (χ2n) is 7.84. The van der Waals surface area contributed by atoms with Gasteiger partial charge in [0.05, 0.1) is 18.4 Å². The molecule has 0 saturated carbocycles. The summed E-state index contributed by atoms with van der Waals surface area (Å²) in [5.41, 5.74) is 3.04. The summed E-state index contributed by atoms with van der Waals surface area (Å²) in [4.78, 5) is 51.0. The Kier molecular flexibility index (Phi) is 7.17. The van der Waals surface area contributed by atoms with E-state index in [1.807, 2.05) is 19.1 Å². The van der Waals surface area contributed by atoms with Crippen LogP contribution in [0.15, 0.2) is 83.5 Å². The highest BCUT2D eigenvalue weighted by molar-refractivity contribution is 6.53. The van der Waals surface area contributed by atoms with E-state index in [-0.39, 0.29) is 16.6 Å². The minimum Gasteiger partial charge on any atom is -0.465 e. The Hall–Kier alpha value is -4.43. The van der Waals surface area contributed by atoms with Crippen LogP contribution in [0.1, 0.15) is 33.2 Å². The van der Waals surface area contributed by atoms with E-state index >= 15 is 0 Å². The number of methoxy groups -OCH3 is 1. The van der Waals surface area contributed by atoms with Crippen molar-refractivity contribution < 1.29 is 23.9 Å². The standard InChI is InChI=1S/C27H22ClN3O5/c1-3-16-6-4-5-7-21(16)31-25(33)22(28)23(26(31)34)29-19-12-8-17(9-13-19)24(32)30-20-14-10-18(11-15-20)27(35)36-2/h4-15,29H,3H2,1-2H3,(H,30,32). The molecule has 1 heterocycles. The Bertz CT molecular complexity index is 1380. The van der Waals surface area contributed by atoms with Gasteiger partial charge in [0, 0.05) is 16.9 Å². The molecule has 3 aromatic carbocycles. The number of nitrogens with one attached hydrogen (secondary N) is 2. The highest BCUT2D eigenvalue weighted by Crippen LogP contribution is 2.32. The van der Waals surface area contributed by atoms with Gasteiger partial charge in [-0.3, -0.25) is 14.4 Å². The van der Waals surface area contributed by atoms with Crippen LogP contribution < -0.4 is 15.5 Å². The van der Waals surface area contributed by atoms with E-state index in [1.54, 1.807) is 60.7 Å². The molecule has 4 rings (SSSR count). The number of ether oxygens (including phenoxy) is 1. The molecule has 2 N–H and O–H groups in total. The number of hydrogen-bond acceptors (Lipinski definition) is 6. The molecule has 0 atom stereocenters. The Morgan fingerprint density at radius 2 is 1.47 bits per heavy atom. The first-order chi connectivity index (χ1) is 17.3. The summed E-state index contributed by atoms with van der Waals surface area (Å²) in [5, 5.41) is 5.44. The molecule has 0 radical (unpaired) electrons. The molecule has 0 aromatic heterocycles. The topological polar surface area (TPSA) is 105 Å². The van der Waals surface area contributed by atoms with Crippen LogP contribution in [0.3, 0.4) is 0 Å². The fourth-order valence-corrected chi connectivity index (χ4v) is 3.93. The van der Waals surface area contributed by atoms with Crippen LogP contribution in [0.4, 0.5) is 17.1 Å². The van der Waals surface area contributed by atoms with Crippen LogP contribution in [0.25, 0.3) is 0 Å². The van der Waals surface area contributed by atoms with E-state index in [0.717, 1.165) is 10.5 Å². The summed E-state index contributed by atoms with van der Waals surface area (Å²) < 4.78 is 4.66. The van der Waals surface area contributed by atoms with E-state index in [1.165, 1.54) is 7.11 Å². The van der Waals surface area contributed by atoms with Crippen LogP contribution in [-0.2, 0) is 20.7 Å². The number of imide groups is 1. The van der Waals surface area contributed by atoms with Gasteiger partial charge in [0.1, 0.15) is 10.7 Å². The number of benzene rings is 3. The molecule has 8 nitrogen and oxygen atoms in total. The molecule has 0 unspecified atom stereocenters. The molecule has 1 aliphatic heterocycles. The monoisotopic (exact) mass is 503 g/mol. The van der Waals surface area contributed by atoms with Crippen molar-refractivity contribution in [2.45, 2.75) is 13.3 Å². The first-order valence-corrected chi connectivity index (χ1v) is 11.4. The number of carbonyl (C=O) groups excluding carboxylic acids is 4. The van der Waals surface area contributed by atoms with E-state index < -0.39 is 17.8 Å². The van der Waals surface area contributed by atoms with Crippen molar-refractivity contribution in [2.75, 3.05) is 22.6 Å². The van der Waals surface area contributed by atoms with Crippen LogP contribution in [0, 0.1) is 0 Å². The number of hydrogen-bond donors (Lipinski definition) is 2. The van der Waals surface area contributed by atoms with Gasteiger partial charge in [0.25, 0.3) is 17.7 Å². The Balaban J connectivity index is 1.45. The lowest BCUT2D eigenvalue weighted by molar-refractivity contribution is -0.120. The molecule has 3 amide bonds. The van der Waals surface area contributed by atoms with Crippen molar-refractivity contribution in [3.8, 4) is 0 Å². The zero-order valence-electron chi connectivity index (χ0n) is 19.5. The number of halogens is 1. The molecular formula is C27H22ClN3O5. The minimum absolute atomic E-state index is 0.0320. The maximum absolute atomic E-state index is 13.1. The molecule has 0 spiro atoms. The molecule has 0 bridgehead atoms. The number of carbonyl (C=O) groups is 4. The van der Waals surface area contributed by atoms with Crippen molar-refractivity contribution >= 4 is 52.4 Å². The number of nitrogens with zero attached hydrogens (tertiary/aromatic N) is 1. The number of rotatable bonds is 7. The Morgan fingerprint density at radius 3 is 2.11 bits per heavy atom. The number of anilines is 3. The Morgan fingerprint density at radius 1 is 0.861 bits per heavy atom.